The third-order valence-electron chi connectivity index (χ3n) is 4.69. The first-order chi connectivity index (χ1) is 17.5. The van der Waals surface area contributed by atoms with Gasteiger partial charge in [-0.1, -0.05) is 0 Å². The minimum Gasteiger partial charge on any atom is -0.423 e. The van der Waals surface area contributed by atoms with E-state index in [1.807, 2.05) is 0 Å². The van der Waals surface area contributed by atoms with Crippen molar-refractivity contribution in [3.63, 3.8) is 0 Å². The van der Waals surface area contributed by atoms with Gasteiger partial charge >= 0.3 is 0 Å². The van der Waals surface area contributed by atoms with Crippen molar-refractivity contribution in [1.29, 1.82) is 0 Å². The summed E-state index contributed by atoms with van der Waals surface area (Å²) in [5.74, 6) is 0.0454. The van der Waals surface area contributed by atoms with Crippen LogP contribution < -0.4 is 27.8 Å². The number of unbranched alkanes of at least 4 members (excludes halogenated alkanes) is 1. The fourth-order valence-electron chi connectivity index (χ4n) is 3.14. The molecule has 37 heavy (non-hydrogen) atoms. The molecule has 2 heterocycles. The van der Waals surface area contributed by atoms with Crippen molar-refractivity contribution in [2.75, 3.05) is 13.1 Å². The van der Waals surface area contributed by atoms with E-state index in [1.165, 1.54) is 20.8 Å². The van der Waals surface area contributed by atoms with Crippen LogP contribution in [0.15, 0.2) is 8.83 Å². The van der Waals surface area contributed by atoms with E-state index in [9.17, 15) is 19.2 Å². The van der Waals surface area contributed by atoms with Crippen LogP contribution in [0.1, 0.15) is 88.5 Å². The third-order valence-corrected chi connectivity index (χ3v) is 4.69. The maximum atomic E-state index is 11.2. The van der Waals surface area contributed by atoms with Crippen molar-refractivity contribution in [2.45, 2.75) is 77.8 Å². The molecule has 2 rings (SSSR count). The van der Waals surface area contributed by atoms with Gasteiger partial charge in [0.15, 0.2) is 0 Å². The normalized spacial score (nSPS) is 12.1. The monoisotopic (exact) mass is 523 g/mol. The maximum Gasteiger partial charge on any atom is 0.238 e. The molecule has 0 spiro atoms. The van der Waals surface area contributed by atoms with E-state index in [4.69, 9.17) is 26.0 Å². The second kappa shape index (κ2) is 16.9. The standard InChI is InChI=1S/C12H20N4O3.C10H17N5O3/c1-8(17)7-11-15-16-12(19-11)10(14-9(2)18)5-3-4-6-13;1-6(16)13-7(3-2-4-11)10-15-14-9(18-10)5-8(12)17/h10H,3-7,13H2,1-2H3,(H,14,18);7H,2-5,11H2,1H3,(H2,12,17)(H,13,16)/t10-;7-/m00/s1. The minimum atomic E-state index is -0.553. The second-order valence-electron chi connectivity index (χ2n) is 8.31. The number of rotatable bonds is 15. The summed E-state index contributed by atoms with van der Waals surface area (Å²) in [4.78, 5) is 43.9. The molecule has 0 radical (unpaired) electrons. The average molecular weight is 524 g/mol. The molecule has 0 fully saturated rings. The van der Waals surface area contributed by atoms with Gasteiger partial charge in [-0.15, -0.1) is 20.4 Å². The molecular weight excluding hydrogens is 486 g/mol. The average Bonchev–Trinajstić information content (AvgIpc) is 3.45. The van der Waals surface area contributed by atoms with Gasteiger partial charge in [0, 0.05) is 13.8 Å². The zero-order valence-electron chi connectivity index (χ0n) is 21.5. The van der Waals surface area contributed by atoms with Crippen LogP contribution in [-0.2, 0) is 32.0 Å². The zero-order valence-corrected chi connectivity index (χ0v) is 21.5. The van der Waals surface area contributed by atoms with Crippen LogP contribution in [0, 0.1) is 0 Å². The predicted octanol–water partition coefficient (Wildman–Crippen LogP) is -0.479. The SMILES string of the molecule is CC(=O)Cc1nnc([C@H](CCCCN)NC(C)=O)o1.CC(=O)N[C@@H](CCCN)c1nnc(CC(N)=O)o1. The first kappa shape index (κ1) is 31.3. The lowest BCUT2D eigenvalue weighted by atomic mass is 10.1. The van der Waals surface area contributed by atoms with Crippen molar-refractivity contribution < 1.29 is 28.0 Å². The van der Waals surface area contributed by atoms with Gasteiger partial charge in [-0.05, 0) is 52.1 Å². The van der Waals surface area contributed by atoms with Crippen LogP contribution in [0.4, 0.5) is 0 Å². The van der Waals surface area contributed by atoms with E-state index in [2.05, 4.69) is 31.0 Å². The number of hydrogen-bond donors (Lipinski definition) is 5. The fourth-order valence-corrected chi connectivity index (χ4v) is 3.14. The van der Waals surface area contributed by atoms with Crippen molar-refractivity contribution in [3.8, 4) is 0 Å². The molecule has 8 N–H and O–H groups in total. The first-order valence-electron chi connectivity index (χ1n) is 11.9. The summed E-state index contributed by atoms with van der Waals surface area (Å²) in [5, 5.41) is 20.6. The topological polar surface area (TPSA) is 248 Å². The number of primary amides is 1. The van der Waals surface area contributed by atoms with Crippen LogP contribution >= 0.6 is 0 Å². The molecule has 0 bridgehead atoms. The van der Waals surface area contributed by atoms with E-state index in [0.29, 0.717) is 38.2 Å². The molecule has 0 aromatic carbocycles. The minimum absolute atomic E-state index is 0.0468. The van der Waals surface area contributed by atoms with Gasteiger partial charge in [0.1, 0.15) is 24.3 Å². The van der Waals surface area contributed by atoms with Crippen molar-refractivity contribution in [3.05, 3.63) is 23.6 Å². The molecule has 15 nitrogen and oxygen atoms in total. The van der Waals surface area contributed by atoms with Gasteiger partial charge in [0.2, 0.25) is 41.3 Å². The Morgan fingerprint density at radius 2 is 1.19 bits per heavy atom. The highest BCUT2D eigenvalue weighted by molar-refractivity contribution is 5.77. The Morgan fingerprint density at radius 1 is 0.730 bits per heavy atom. The van der Waals surface area contributed by atoms with Crippen LogP contribution in [0.25, 0.3) is 0 Å². The van der Waals surface area contributed by atoms with Crippen LogP contribution in [-0.4, -0.2) is 57.0 Å². The lowest BCUT2D eigenvalue weighted by molar-refractivity contribution is -0.120. The Labute approximate surface area is 214 Å². The number of carbonyl (C=O) groups is 4. The van der Waals surface area contributed by atoms with Crippen molar-refractivity contribution >= 4 is 23.5 Å². The van der Waals surface area contributed by atoms with Gasteiger partial charge < -0.3 is 36.7 Å². The molecule has 0 saturated heterocycles. The van der Waals surface area contributed by atoms with Crippen LogP contribution in [0.3, 0.4) is 0 Å². The first-order valence-corrected chi connectivity index (χ1v) is 11.9. The van der Waals surface area contributed by atoms with Crippen molar-refractivity contribution in [1.82, 2.24) is 31.0 Å². The van der Waals surface area contributed by atoms with Crippen molar-refractivity contribution in [2.24, 2.45) is 17.2 Å². The number of amides is 3. The molecule has 206 valence electrons. The molecule has 0 unspecified atom stereocenters. The van der Waals surface area contributed by atoms with E-state index < -0.39 is 5.91 Å². The molecule has 0 saturated carbocycles. The number of carbonyl (C=O) groups excluding carboxylic acids is 4. The Balaban J connectivity index is 0.000000371. The van der Waals surface area contributed by atoms with Crippen LogP contribution in [0.2, 0.25) is 0 Å². The van der Waals surface area contributed by atoms with E-state index in [0.717, 1.165) is 12.8 Å². The zero-order chi connectivity index (χ0) is 27.8. The summed E-state index contributed by atoms with van der Waals surface area (Å²) in [5.41, 5.74) is 15.9. The van der Waals surface area contributed by atoms with Gasteiger partial charge in [0.05, 0.1) is 6.42 Å². The molecule has 2 aromatic rings. The number of nitrogens with zero attached hydrogens (tertiary/aromatic N) is 4. The molecule has 2 atom stereocenters. The van der Waals surface area contributed by atoms with Gasteiger partial charge in [-0.3, -0.25) is 19.2 Å². The van der Waals surface area contributed by atoms with E-state index >= 15 is 0 Å². The fraction of sp³-hybridized carbons (Fsp3) is 0.636. The molecule has 2 aromatic heterocycles. The summed E-state index contributed by atoms with van der Waals surface area (Å²) < 4.78 is 10.7. The predicted molar refractivity (Wildman–Crippen MR) is 130 cm³/mol. The van der Waals surface area contributed by atoms with Crippen LogP contribution in [0.5, 0.6) is 0 Å². The Morgan fingerprint density at radius 3 is 1.59 bits per heavy atom. The summed E-state index contributed by atoms with van der Waals surface area (Å²) in [7, 11) is 0. The Bertz CT molecular complexity index is 1010. The number of nitrogens with one attached hydrogen (secondary N) is 2. The summed E-state index contributed by atoms with van der Waals surface area (Å²) in [6.45, 7) is 5.39. The van der Waals surface area contributed by atoms with Gasteiger partial charge in [-0.2, -0.15) is 0 Å². The summed E-state index contributed by atoms with van der Waals surface area (Å²) in [6.07, 6.45) is 3.70. The summed E-state index contributed by atoms with van der Waals surface area (Å²) >= 11 is 0. The highest BCUT2D eigenvalue weighted by atomic mass is 16.4. The lowest BCUT2D eigenvalue weighted by Gasteiger charge is -2.13. The highest BCUT2D eigenvalue weighted by Gasteiger charge is 2.21. The number of nitrogens with two attached hydrogens (primary N) is 3. The third kappa shape index (κ3) is 13.2. The van der Waals surface area contributed by atoms with Gasteiger partial charge in [0.25, 0.3) is 0 Å². The number of Topliss-reactive ketones (excluding diaryl/α,β-unsaturated/α-hetero) is 1. The Hall–Kier alpha value is -3.72. The molecule has 15 heteroatoms. The second-order valence-corrected chi connectivity index (χ2v) is 8.31. The Kier molecular flexibility index (Phi) is 14.3. The molecule has 0 aliphatic heterocycles. The van der Waals surface area contributed by atoms with Gasteiger partial charge in [-0.25, -0.2) is 0 Å². The highest BCUT2D eigenvalue weighted by Crippen LogP contribution is 2.19. The van der Waals surface area contributed by atoms with E-state index in [-0.39, 0.29) is 60.2 Å². The lowest BCUT2D eigenvalue weighted by Crippen LogP contribution is -2.26. The van der Waals surface area contributed by atoms with E-state index in [1.54, 1.807) is 0 Å². The summed E-state index contributed by atoms with van der Waals surface area (Å²) in [6, 6.07) is -0.711. The molecule has 0 aliphatic rings. The molecule has 3 amide bonds. The molecular formula is C22H37N9O6. The largest absolute Gasteiger partial charge is 0.423 e. The smallest absolute Gasteiger partial charge is 0.238 e. The number of ketones is 1. The quantitative estimate of drug-likeness (QED) is 0.186. The maximum absolute atomic E-state index is 11.2. The number of aromatic nitrogens is 4. The molecule has 0 aliphatic carbocycles. The number of hydrogen-bond acceptors (Lipinski definition) is 12.